The summed E-state index contributed by atoms with van der Waals surface area (Å²) in [6.45, 7) is 0.412. The summed E-state index contributed by atoms with van der Waals surface area (Å²) in [6, 6.07) is 5.78. The van der Waals surface area contributed by atoms with E-state index in [4.69, 9.17) is 0 Å². The highest BCUT2D eigenvalue weighted by Gasteiger charge is 2.43. The molecule has 6 nitrogen and oxygen atoms in total. The van der Waals surface area contributed by atoms with Crippen molar-refractivity contribution in [3.63, 3.8) is 0 Å². The quantitative estimate of drug-likeness (QED) is 0.790. The van der Waals surface area contributed by atoms with Crippen LogP contribution in [0, 0.1) is 0 Å². The van der Waals surface area contributed by atoms with Crippen LogP contribution in [0.2, 0.25) is 0 Å². The molecule has 0 saturated carbocycles. The Labute approximate surface area is 128 Å². The maximum Gasteiger partial charge on any atom is 0.411 e. The summed E-state index contributed by atoms with van der Waals surface area (Å²) in [4.78, 5) is 40.6. The summed E-state index contributed by atoms with van der Waals surface area (Å²) in [6.07, 6.45) is -4.63. The molecule has 0 saturated heterocycles. The molecule has 0 aliphatic carbocycles. The van der Waals surface area contributed by atoms with Gasteiger partial charge in [-0.3, -0.25) is 9.59 Å². The molecule has 124 valence electrons. The zero-order valence-corrected chi connectivity index (χ0v) is 12.1. The van der Waals surface area contributed by atoms with E-state index >= 15 is 0 Å². The number of halogens is 3. The first-order chi connectivity index (χ1) is 10.5. The second kappa shape index (κ2) is 5.65. The fourth-order valence-corrected chi connectivity index (χ4v) is 1.76. The number of carbonyl (C=O) groups is 3. The zero-order chi connectivity index (χ0) is 17.4. The Morgan fingerprint density at radius 1 is 1.09 bits per heavy atom. The highest BCUT2D eigenvalue weighted by atomic mass is 19.4. The molecule has 2 amide bonds. The third-order valence-corrected chi connectivity index (χ3v) is 3.02. The SMILES string of the molecule is CC(C)(OCC(F)(F)F)C(=O)ON1C(=O)c2ccccc2C1=O. The summed E-state index contributed by atoms with van der Waals surface area (Å²) in [5, 5.41) is 0.214. The lowest BCUT2D eigenvalue weighted by molar-refractivity contribution is -0.220. The van der Waals surface area contributed by atoms with Gasteiger partial charge in [0.1, 0.15) is 6.61 Å². The molecule has 0 atom stereocenters. The molecule has 9 heteroatoms. The number of imide groups is 1. The van der Waals surface area contributed by atoms with Crippen molar-refractivity contribution in [2.45, 2.75) is 25.6 Å². The minimum atomic E-state index is -4.63. The number of nitrogens with zero attached hydrogens (tertiary/aromatic N) is 1. The predicted molar refractivity (Wildman–Crippen MR) is 69.1 cm³/mol. The number of hydroxylamine groups is 2. The van der Waals surface area contributed by atoms with Crippen molar-refractivity contribution in [1.29, 1.82) is 0 Å². The normalized spacial score (nSPS) is 14.9. The van der Waals surface area contributed by atoms with E-state index in [9.17, 15) is 27.6 Å². The van der Waals surface area contributed by atoms with Gasteiger partial charge < -0.3 is 9.57 Å². The van der Waals surface area contributed by atoms with Crippen LogP contribution in [0.1, 0.15) is 34.6 Å². The second-order valence-electron chi connectivity index (χ2n) is 5.24. The lowest BCUT2D eigenvalue weighted by atomic mass is 10.1. The third-order valence-electron chi connectivity index (χ3n) is 3.02. The maximum absolute atomic E-state index is 12.2. The van der Waals surface area contributed by atoms with Gasteiger partial charge in [0.2, 0.25) is 0 Å². The molecule has 0 spiro atoms. The van der Waals surface area contributed by atoms with E-state index in [1.54, 1.807) is 0 Å². The van der Waals surface area contributed by atoms with Gasteiger partial charge in [0.15, 0.2) is 5.60 Å². The molecule has 0 bridgehead atoms. The van der Waals surface area contributed by atoms with Crippen LogP contribution in [-0.4, -0.2) is 41.2 Å². The van der Waals surface area contributed by atoms with Gasteiger partial charge in [-0.05, 0) is 26.0 Å². The van der Waals surface area contributed by atoms with Crippen molar-refractivity contribution < 1.29 is 37.1 Å². The van der Waals surface area contributed by atoms with E-state index in [1.165, 1.54) is 24.3 Å². The van der Waals surface area contributed by atoms with Crippen LogP contribution in [-0.2, 0) is 14.4 Å². The molecule has 0 fully saturated rings. The molecule has 23 heavy (non-hydrogen) atoms. The Balaban J connectivity index is 2.09. The van der Waals surface area contributed by atoms with Gasteiger partial charge in [-0.25, -0.2) is 4.79 Å². The zero-order valence-electron chi connectivity index (χ0n) is 12.1. The largest absolute Gasteiger partial charge is 0.411 e. The smallest absolute Gasteiger partial charge is 0.354 e. The van der Waals surface area contributed by atoms with Gasteiger partial charge in [0, 0.05) is 0 Å². The lowest BCUT2D eigenvalue weighted by Crippen LogP contribution is -2.44. The van der Waals surface area contributed by atoms with E-state index in [2.05, 4.69) is 9.57 Å². The predicted octanol–water partition coefficient (Wildman–Crippen LogP) is 2.10. The van der Waals surface area contributed by atoms with Crippen molar-refractivity contribution in [1.82, 2.24) is 5.06 Å². The number of fused-ring (bicyclic) bond motifs is 1. The molecule has 1 aliphatic rings. The molecule has 1 aromatic rings. The fourth-order valence-electron chi connectivity index (χ4n) is 1.76. The molecular formula is C14H12F3NO5. The highest BCUT2D eigenvalue weighted by Crippen LogP contribution is 2.25. The first-order valence-electron chi connectivity index (χ1n) is 6.44. The minimum Gasteiger partial charge on any atom is -0.354 e. The Hall–Kier alpha value is -2.42. The highest BCUT2D eigenvalue weighted by molar-refractivity contribution is 6.20. The van der Waals surface area contributed by atoms with Gasteiger partial charge in [0.25, 0.3) is 11.8 Å². The van der Waals surface area contributed by atoms with Crippen molar-refractivity contribution in [3.05, 3.63) is 35.4 Å². The molecule has 1 aromatic carbocycles. The van der Waals surface area contributed by atoms with Crippen LogP contribution in [0.5, 0.6) is 0 Å². The topological polar surface area (TPSA) is 72.9 Å². The van der Waals surface area contributed by atoms with Crippen LogP contribution in [0.3, 0.4) is 0 Å². The molecule has 1 aliphatic heterocycles. The Morgan fingerprint density at radius 2 is 1.57 bits per heavy atom. The summed E-state index contributed by atoms with van der Waals surface area (Å²) in [7, 11) is 0. The van der Waals surface area contributed by atoms with Crippen molar-refractivity contribution in [2.75, 3.05) is 6.61 Å². The Kier molecular flexibility index (Phi) is 4.16. The van der Waals surface area contributed by atoms with E-state index in [0.717, 1.165) is 13.8 Å². The lowest BCUT2D eigenvalue weighted by Gasteiger charge is -2.25. The molecule has 0 unspecified atom stereocenters. The van der Waals surface area contributed by atoms with Gasteiger partial charge in [-0.1, -0.05) is 17.2 Å². The minimum absolute atomic E-state index is 0.0410. The Morgan fingerprint density at radius 3 is 2.00 bits per heavy atom. The number of benzene rings is 1. The fraction of sp³-hybridized carbons (Fsp3) is 0.357. The van der Waals surface area contributed by atoms with Crippen molar-refractivity contribution in [3.8, 4) is 0 Å². The third kappa shape index (κ3) is 3.50. The molecule has 1 heterocycles. The van der Waals surface area contributed by atoms with Gasteiger partial charge in [0.05, 0.1) is 11.1 Å². The number of hydrogen-bond donors (Lipinski definition) is 0. The van der Waals surface area contributed by atoms with Crippen LogP contribution in [0.4, 0.5) is 13.2 Å². The molecular weight excluding hydrogens is 319 g/mol. The van der Waals surface area contributed by atoms with E-state index in [1.807, 2.05) is 0 Å². The first kappa shape index (κ1) is 16.9. The van der Waals surface area contributed by atoms with Crippen LogP contribution >= 0.6 is 0 Å². The average Bonchev–Trinajstić information content (AvgIpc) is 2.70. The van der Waals surface area contributed by atoms with Crippen LogP contribution < -0.4 is 0 Å². The van der Waals surface area contributed by atoms with E-state index in [-0.39, 0.29) is 16.2 Å². The van der Waals surface area contributed by atoms with Crippen LogP contribution in [0.15, 0.2) is 24.3 Å². The number of hydrogen-bond acceptors (Lipinski definition) is 5. The number of amides is 2. The van der Waals surface area contributed by atoms with Gasteiger partial charge >= 0.3 is 12.1 Å². The maximum atomic E-state index is 12.2. The first-order valence-corrected chi connectivity index (χ1v) is 6.44. The van der Waals surface area contributed by atoms with E-state index < -0.39 is 36.2 Å². The molecule has 0 N–H and O–H groups in total. The summed E-state index contributed by atoms with van der Waals surface area (Å²) in [5.74, 6) is -3.03. The van der Waals surface area contributed by atoms with Crippen molar-refractivity contribution in [2.24, 2.45) is 0 Å². The van der Waals surface area contributed by atoms with Gasteiger partial charge in [-0.15, -0.1) is 0 Å². The second-order valence-corrected chi connectivity index (χ2v) is 5.24. The Bertz CT molecular complexity index is 634. The van der Waals surface area contributed by atoms with Gasteiger partial charge in [-0.2, -0.15) is 13.2 Å². The molecule has 2 rings (SSSR count). The summed E-state index contributed by atoms with van der Waals surface area (Å²) in [5.41, 5.74) is -1.91. The van der Waals surface area contributed by atoms with Crippen molar-refractivity contribution >= 4 is 17.8 Å². The molecule has 0 radical (unpaired) electrons. The monoisotopic (exact) mass is 331 g/mol. The number of alkyl halides is 3. The number of carbonyl (C=O) groups excluding carboxylic acids is 3. The number of rotatable bonds is 4. The number of ether oxygens (including phenoxy) is 1. The summed E-state index contributed by atoms with van der Waals surface area (Å²) >= 11 is 0. The summed E-state index contributed by atoms with van der Waals surface area (Å²) < 4.78 is 41.0. The average molecular weight is 331 g/mol. The molecule has 0 aromatic heterocycles. The van der Waals surface area contributed by atoms with E-state index in [0.29, 0.717) is 0 Å². The van der Waals surface area contributed by atoms with Crippen LogP contribution in [0.25, 0.3) is 0 Å². The standard InChI is InChI=1S/C14H12F3NO5/c1-13(2,22-7-14(15,16)17)12(21)23-18-10(19)8-5-3-4-6-9(8)11(18)20/h3-6H,7H2,1-2H3.